The monoisotopic (exact) mass is 234 g/mol. The summed E-state index contributed by atoms with van der Waals surface area (Å²) >= 11 is 0. The summed E-state index contributed by atoms with van der Waals surface area (Å²) in [7, 11) is 0. The zero-order valence-corrected chi connectivity index (χ0v) is 10.7. The van der Waals surface area contributed by atoms with Crippen LogP contribution in [0.3, 0.4) is 0 Å². The van der Waals surface area contributed by atoms with Crippen LogP contribution >= 0.6 is 0 Å². The van der Waals surface area contributed by atoms with Gasteiger partial charge in [0.1, 0.15) is 11.5 Å². The fraction of sp³-hybridized carbons (Fsp3) is 0.357. The van der Waals surface area contributed by atoms with Gasteiger partial charge >= 0.3 is 5.97 Å². The first-order valence-electron chi connectivity index (χ1n) is 5.64. The Morgan fingerprint density at radius 2 is 2.06 bits per heavy atom. The fourth-order valence-corrected chi connectivity index (χ4v) is 1.43. The molecule has 0 N–H and O–H groups in total. The Labute approximate surface area is 102 Å². The van der Waals surface area contributed by atoms with Crippen molar-refractivity contribution >= 4 is 12.0 Å². The lowest BCUT2D eigenvalue weighted by molar-refractivity contribution is -0.131. The number of hydrogen-bond donors (Lipinski definition) is 0. The topological polar surface area (TPSA) is 35.5 Å². The van der Waals surface area contributed by atoms with Crippen molar-refractivity contribution in [2.45, 2.75) is 33.8 Å². The van der Waals surface area contributed by atoms with E-state index in [1.54, 1.807) is 12.1 Å². The van der Waals surface area contributed by atoms with Crippen LogP contribution in [0.15, 0.2) is 24.3 Å². The van der Waals surface area contributed by atoms with Crippen LogP contribution < -0.4 is 9.47 Å². The maximum atomic E-state index is 10.9. The van der Waals surface area contributed by atoms with Crippen molar-refractivity contribution in [2.24, 2.45) is 0 Å². The molecule has 0 atom stereocenters. The molecule has 3 heteroatoms. The van der Waals surface area contributed by atoms with Gasteiger partial charge in [0.15, 0.2) is 0 Å². The zero-order chi connectivity index (χ0) is 12.8. The minimum absolute atomic E-state index is 0.110. The van der Waals surface area contributed by atoms with Crippen LogP contribution in [0, 0.1) is 0 Å². The Kier molecular flexibility index (Phi) is 4.76. The SMILES string of the molecule is C/C=C/c1cc(OC(C)=O)ccc1OC(C)C. The van der Waals surface area contributed by atoms with Crippen molar-refractivity contribution < 1.29 is 14.3 Å². The number of esters is 1. The number of hydrogen-bond acceptors (Lipinski definition) is 3. The van der Waals surface area contributed by atoms with Gasteiger partial charge in [-0.05, 0) is 39.0 Å². The number of carbonyl (C=O) groups excluding carboxylic acids is 1. The van der Waals surface area contributed by atoms with E-state index in [1.807, 2.05) is 39.0 Å². The average Bonchev–Trinajstić information content (AvgIpc) is 2.21. The van der Waals surface area contributed by atoms with Crippen LogP contribution in [0.2, 0.25) is 0 Å². The highest BCUT2D eigenvalue weighted by molar-refractivity contribution is 5.70. The standard InChI is InChI=1S/C14H18O3/c1-5-6-12-9-13(17-11(4)15)7-8-14(12)16-10(2)3/h5-10H,1-4H3/b6-5+. The number of allylic oxidation sites excluding steroid dienone is 1. The molecule has 3 nitrogen and oxygen atoms in total. The third kappa shape index (κ3) is 4.31. The molecule has 1 rings (SSSR count). The van der Waals surface area contributed by atoms with Crippen molar-refractivity contribution in [1.82, 2.24) is 0 Å². The average molecular weight is 234 g/mol. The van der Waals surface area contributed by atoms with Crippen molar-refractivity contribution in [2.75, 3.05) is 0 Å². The Hall–Kier alpha value is -1.77. The Morgan fingerprint density at radius 3 is 2.59 bits per heavy atom. The van der Waals surface area contributed by atoms with Crippen LogP contribution in [0.5, 0.6) is 11.5 Å². The largest absolute Gasteiger partial charge is 0.490 e. The normalized spacial score (nSPS) is 10.9. The highest BCUT2D eigenvalue weighted by Crippen LogP contribution is 2.26. The van der Waals surface area contributed by atoms with Gasteiger partial charge in [-0.25, -0.2) is 0 Å². The second kappa shape index (κ2) is 6.09. The van der Waals surface area contributed by atoms with E-state index in [0.29, 0.717) is 5.75 Å². The Morgan fingerprint density at radius 1 is 1.35 bits per heavy atom. The van der Waals surface area contributed by atoms with E-state index in [9.17, 15) is 4.79 Å². The molecule has 0 aromatic heterocycles. The molecule has 0 spiro atoms. The van der Waals surface area contributed by atoms with E-state index < -0.39 is 0 Å². The molecule has 0 bridgehead atoms. The van der Waals surface area contributed by atoms with Gasteiger partial charge in [-0.3, -0.25) is 4.79 Å². The van der Waals surface area contributed by atoms with Gasteiger partial charge in [0.25, 0.3) is 0 Å². The zero-order valence-electron chi connectivity index (χ0n) is 10.7. The molecule has 0 amide bonds. The smallest absolute Gasteiger partial charge is 0.308 e. The third-order valence-corrected chi connectivity index (χ3v) is 1.95. The van der Waals surface area contributed by atoms with Gasteiger partial charge in [-0.15, -0.1) is 0 Å². The van der Waals surface area contributed by atoms with Crippen molar-refractivity contribution in [3.63, 3.8) is 0 Å². The molecule has 0 radical (unpaired) electrons. The first-order valence-corrected chi connectivity index (χ1v) is 5.64. The van der Waals surface area contributed by atoms with Crippen molar-refractivity contribution in [3.8, 4) is 11.5 Å². The van der Waals surface area contributed by atoms with E-state index >= 15 is 0 Å². The summed E-state index contributed by atoms with van der Waals surface area (Å²) in [6.45, 7) is 7.25. The summed E-state index contributed by atoms with van der Waals surface area (Å²) in [6, 6.07) is 5.33. The van der Waals surface area contributed by atoms with Crippen LogP contribution in [-0.4, -0.2) is 12.1 Å². The second-order valence-electron chi connectivity index (χ2n) is 3.96. The molecule has 0 fully saturated rings. The molecule has 1 aromatic carbocycles. The summed E-state index contributed by atoms with van der Waals surface area (Å²) in [5.74, 6) is 0.990. The molecule has 0 saturated heterocycles. The predicted molar refractivity (Wildman–Crippen MR) is 68.2 cm³/mol. The lowest BCUT2D eigenvalue weighted by Gasteiger charge is -2.13. The number of carbonyl (C=O) groups is 1. The predicted octanol–water partition coefficient (Wildman–Crippen LogP) is 3.43. The Bertz CT molecular complexity index is 419. The van der Waals surface area contributed by atoms with E-state index in [-0.39, 0.29) is 12.1 Å². The van der Waals surface area contributed by atoms with Gasteiger partial charge in [-0.1, -0.05) is 12.2 Å². The lowest BCUT2D eigenvalue weighted by atomic mass is 10.1. The van der Waals surface area contributed by atoms with E-state index in [2.05, 4.69) is 0 Å². The maximum Gasteiger partial charge on any atom is 0.308 e. The number of benzene rings is 1. The molecule has 1 aromatic rings. The minimum Gasteiger partial charge on any atom is -0.490 e. The number of ether oxygens (including phenoxy) is 2. The van der Waals surface area contributed by atoms with E-state index in [0.717, 1.165) is 11.3 Å². The summed E-state index contributed by atoms with van der Waals surface area (Å²) in [5.41, 5.74) is 0.903. The fourth-order valence-electron chi connectivity index (χ4n) is 1.43. The van der Waals surface area contributed by atoms with Crippen LogP contribution in [0.4, 0.5) is 0 Å². The quantitative estimate of drug-likeness (QED) is 0.591. The summed E-state index contributed by atoms with van der Waals surface area (Å²) in [5, 5.41) is 0. The molecule has 0 unspecified atom stereocenters. The molecular weight excluding hydrogens is 216 g/mol. The second-order valence-corrected chi connectivity index (χ2v) is 3.96. The van der Waals surface area contributed by atoms with Gasteiger partial charge in [0.2, 0.25) is 0 Å². The summed E-state index contributed by atoms with van der Waals surface area (Å²) in [4.78, 5) is 10.9. The number of rotatable bonds is 4. The Balaban J connectivity index is 3.03. The van der Waals surface area contributed by atoms with Gasteiger partial charge < -0.3 is 9.47 Å². The van der Waals surface area contributed by atoms with Crippen LogP contribution in [-0.2, 0) is 4.79 Å². The molecular formula is C14H18O3. The van der Waals surface area contributed by atoms with Gasteiger partial charge in [0, 0.05) is 12.5 Å². The maximum absolute atomic E-state index is 10.9. The molecule has 0 aliphatic rings. The molecule has 0 heterocycles. The van der Waals surface area contributed by atoms with Crippen LogP contribution in [0.25, 0.3) is 6.08 Å². The summed E-state index contributed by atoms with van der Waals surface area (Å²) in [6.07, 6.45) is 3.95. The van der Waals surface area contributed by atoms with E-state index in [4.69, 9.17) is 9.47 Å². The van der Waals surface area contributed by atoms with Crippen molar-refractivity contribution in [3.05, 3.63) is 29.8 Å². The van der Waals surface area contributed by atoms with Gasteiger partial charge in [-0.2, -0.15) is 0 Å². The molecule has 17 heavy (non-hydrogen) atoms. The molecule has 0 saturated carbocycles. The molecule has 0 aliphatic heterocycles. The highest BCUT2D eigenvalue weighted by atomic mass is 16.5. The van der Waals surface area contributed by atoms with Gasteiger partial charge in [0.05, 0.1) is 6.10 Å². The summed E-state index contributed by atoms with van der Waals surface area (Å²) < 4.78 is 10.7. The first kappa shape index (κ1) is 13.3. The van der Waals surface area contributed by atoms with Crippen LogP contribution in [0.1, 0.15) is 33.3 Å². The van der Waals surface area contributed by atoms with Crippen molar-refractivity contribution in [1.29, 1.82) is 0 Å². The molecule has 0 aliphatic carbocycles. The minimum atomic E-state index is -0.325. The third-order valence-electron chi connectivity index (χ3n) is 1.95. The molecule has 92 valence electrons. The highest BCUT2D eigenvalue weighted by Gasteiger charge is 2.06. The first-order chi connectivity index (χ1) is 8.02. The lowest BCUT2D eigenvalue weighted by Crippen LogP contribution is -2.07. The van der Waals surface area contributed by atoms with E-state index in [1.165, 1.54) is 6.92 Å².